The van der Waals surface area contributed by atoms with E-state index in [1.807, 2.05) is 18.2 Å². The van der Waals surface area contributed by atoms with Crippen LogP contribution in [-0.4, -0.2) is 28.3 Å². The van der Waals surface area contributed by atoms with Gasteiger partial charge in [-0.15, -0.1) is 0 Å². The van der Waals surface area contributed by atoms with Crippen molar-refractivity contribution in [1.29, 1.82) is 0 Å². The molecule has 1 aliphatic heterocycles. The molecule has 7 heteroatoms. The highest BCUT2D eigenvalue weighted by Gasteiger charge is 2.24. The maximum Gasteiger partial charge on any atom is 0.229 e. The molecule has 0 aliphatic carbocycles. The van der Waals surface area contributed by atoms with E-state index in [-0.39, 0.29) is 17.7 Å². The van der Waals surface area contributed by atoms with E-state index < -0.39 is 0 Å². The summed E-state index contributed by atoms with van der Waals surface area (Å²) in [6.45, 7) is 0.402. The van der Waals surface area contributed by atoms with E-state index in [0.29, 0.717) is 29.8 Å². The number of H-pyrrole nitrogens is 2. The number of carbonyl (C=O) groups is 2. The lowest BCUT2D eigenvalue weighted by Crippen LogP contribution is -2.40. The van der Waals surface area contributed by atoms with Gasteiger partial charge in [0.15, 0.2) is 4.77 Å². The fourth-order valence-corrected chi connectivity index (χ4v) is 2.53. The normalized spacial score (nSPS) is 18.8. The molecular weight excluding hydrogens is 276 g/mol. The first-order valence-electron chi connectivity index (χ1n) is 6.41. The molecule has 2 amide bonds. The highest BCUT2D eigenvalue weighted by molar-refractivity contribution is 7.71. The fraction of sp³-hybridized carbons (Fsp3) is 0.308. The van der Waals surface area contributed by atoms with Gasteiger partial charge in [0.25, 0.3) is 0 Å². The predicted molar refractivity (Wildman–Crippen MR) is 77.8 cm³/mol. The van der Waals surface area contributed by atoms with Crippen molar-refractivity contribution in [2.24, 2.45) is 5.92 Å². The standard InChI is InChI=1S/C13H14N4O2S/c18-11-4-1-7(6-14-11)12(19)15-8-2-3-9-10(5-8)17-13(20)16-9/h2-3,5,7H,1,4,6H2,(H,14,18)(H,15,19)(H2,16,17,20)/t7-/m0/s1. The molecule has 104 valence electrons. The van der Waals surface area contributed by atoms with E-state index in [1.54, 1.807) is 0 Å². The van der Waals surface area contributed by atoms with Gasteiger partial charge in [-0.1, -0.05) is 0 Å². The molecule has 0 saturated carbocycles. The zero-order chi connectivity index (χ0) is 14.1. The third-order valence-corrected chi connectivity index (χ3v) is 3.62. The third-order valence-electron chi connectivity index (χ3n) is 3.42. The molecule has 20 heavy (non-hydrogen) atoms. The molecule has 0 bridgehead atoms. The van der Waals surface area contributed by atoms with E-state index in [2.05, 4.69) is 20.6 Å². The first-order chi connectivity index (χ1) is 9.61. The van der Waals surface area contributed by atoms with Crippen molar-refractivity contribution < 1.29 is 9.59 Å². The number of benzene rings is 1. The molecule has 2 heterocycles. The lowest BCUT2D eigenvalue weighted by Gasteiger charge is -2.21. The molecule has 6 nitrogen and oxygen atoms in total. The van der Waals surface area contributed by atoms with Crippen LogP contribution in [0.3, 0.4) is 0 Å². The van der Waals surface area contributed by atoms with Crippen LogP contribution in [0.25, 0.3) is 11.0 Å². The first-order valence-corrected chi connectivity index (χ1v) is 6.82. The van der Waals surface area contributed by atoms with E-state index in [0.717, 1.165) is 11.0 Å². The van der Waals surface area contributed by atoms with E-state index >= 15 is 0 Å². The highest BCUT2D eigenvalue weighted by atomic mass is 32.1. The molecule has 1 aromatic carbocycles. The molecule has 1 aliphatic rings. The number of aromatic nitrogens is 2. The second-order valence-electron chi connectivity index (χ2n) is 4.87. The lowest BCUT2D eigenvalue weighted by molar-refractivity contribution is -0.126. The molecule has 3 rings (SSSR count). The molecule has 2 aromatic rings. The summed E-state index contributed by atoms with van der Waals surface area (Å²) in [5, 5.41) is 5.58. The number of fused-ring (bicyclic) bond motifs is 1. The average Bonchev–Trinajstić information content (AvgIpc) is 2.78. The van der Waals surface area contributed by atoms with Crippen LogP contribution in [0.5, 0.6) is 0 Å². The maximum atomic E-state index is 12.1. The number of aromatic amines is 2. The summed E-state index contributed by atoms with van der Waals surface area (Å²) in [6, 6.07) is 5.52. The van der Waals surface area contributed by atoms with Crippen LogP contribution in [0.1, 0.15) is 12.8 Å². The number of piperidine rings is 1. The highest BCUT2D eigenvalue weighted by Crippen LogP contribution is 2.18. The number of nitrogens with one attached hydrogen (secondary N) is 4. The summed E-state index contributed by atoms with van der Waals surface area (Å²) in [4.78, 5) is 29.2. The molecule has 0 radical (unpaired) electrons. The van der Waals surface area contributed by atoms with Gasteiger partial charge in [0.1, 0.15) is 0 Å². The number of hydrogen-bond donors (Lipinski definition) is 4. The van der Waals surface area contributed by atoms with E-state index in [1.165, 1.54) is 0 Å². The number of amides is 2. The number of hydrogen-bond acceptors (Lipinski definition) is 3. The van der Waals surface area contributed by atoms with Gasteiger partial charge in [0.05, 0.1) is 17.0 Å². The minimum absolute atomic E-state index is 0.00960. The van der Waals surface area contributed by atoms with Crippen LogP contribution >= 0.6 is 12.2 Å². The fourth-order valence-electron chi connectivity index (χ4n) is 2.31. The second kappa shape index (κ2) is 5.09. The summed E-state index contributed by atoms with van der Waals surface area (Å²) >= 11 is 5.02. The lowest BCUT2D eigenvalue weighted by atomic mass is 9.98. The second-order valence-corrected chi connectivity index (χ2v) is 5.28. The first kappa shape index (κ1) is 12.9. The van der Waals surface area contributed by atoms with Crippen molar-refractivity contribution >= 4 is 40.8 Å². The van der Waals surface area contributed by atoms with Crippen molar-refractivity contribution in [3.05, 3.63) is 23.0 Å². The Hall–Kier alpha value is -2.15. The summed E-state index contributed by atoms with van der Waals surface area (Å²) in [7, 11) is 0. The molecule has 1 atom stereocenters. The Kier molecular flexibility index (Phi) is 3.27. The van der Waals surface area contributed by atoms with E-state index in [9.17, 15) is 9.59 Å². The van der Waals surface area contributed by atoms with E-state index in [4.69, 9.17) is 12.2 Å². The number of carbonyl (C=O) groups excluding carboxylic acids is 2. The van der Waals surface area contributed by atoms with Gasteiger partial charge < -0.3 is 20.6 Å². The van der Waals surface area contributed by atoms with Crippen molar-refractivity contribution in [2.45, 2.75) is 12.8 Å². The Morgan fingerprint density at radius 1 is 1.30 bits per heavy atom. The quantitative estimate of drug-likeness (QED) is 0.634. The van der Waals surface area contributed by atoms with Crippen molar-refractivity contribution in [3.63, 3.8) is 0 Å². The summed E-state index contributed by atoms with van der Waals surface area (Å²) in [5.74, 6) is -0.234. The van der Waals surface area contributed by atoms with Crippen molar-refractivity contribution in [1.82, 2.24) is 15.3 Å². The smallest absolute Gasteiger partial charge is 0.229 e. The monoisotopic (exact) mass is 290 g/mol. The Bertz CT molecular complexity index is 723. The maximum absolute atomic E-state index is 12.1. The Morgan fingerprint density at radius 3 is 2.85 bits per heavy atom. The number of imidazole rings is 1. The topological polar surface area (TPSA) is 89.8 Å². The van der Waals surface area contributed by atoms with Crippen LogP contribution in [0.15, 0.2) is 18.2 Å². The molecular formula is C13H14N4O2S. The number of rotatable bonds is 2. The van der Waals surface area contributed by atoms with Gasteiger partial charge >= 0.3 is 0 Å². The zero-order valence-corrected chi connectivity index (χ0v) is 11.5. The zero-order valence-electron chi connectivity index (χ0n) is 10.7. The predicted octanol–water partition coefficient (Wildman–Crippen LogP) is 1.69. The Morgan fingerprint density at radius 2 is 2.10 bits per heavy atom. The SMILES string of the molecule is O=C1CC[C@H](C(=O)Nc2ccc3[nH]c(=S)[nH]c3c2)CN1. The Labute approximate surface area is 120 Å². The number of anilines is 1. The summed E-state index contributed by atoms with van der Waals surface area (Å²) in [6.07, 6.45) is 0.995. The molecule has 1 aromatic heterocycles. The summed E-state index contributed by atoms with van der Waals surface area (Å²) < 4.78 is 0.554. The van der Waals surface area contributed by atoms with Crippen molar-refractivity contribution in [3.8, 4) is 0 Å². The van der Waals surface area contributed by atoms with Gasteiger partial charge in [0, 0.05) is 18.7 Å². The molecule has 1 saturated heterocycles. The third kappa shape index (κ3) is 2.57. The Balaban J connectivity index is 1.73. The summed E-state index contributed by atoms with van der Waals surface area (Å²) in [5.41, 5.74) is 2.47. The van der Waals surface area contributed by atoms with Gasteiger partial charge in [-0.25, -0.2) is 0 Å². The van der Waals surface area contributed by atoms with Crippen LogP contribution in [0.2, 0.25) is 0 Å². The largest absolute Gasteiger partial charge is 0.355 e. The van der Waals surface area contributed by atoms with Gasteiger partial charge in [-0.2, -0.15) is 0 Å². The van der Waals surface area contributed by atoms with Gasteiger partial charge in [0.2, 0.25) is 11.8 Å². The minimum Gasteiger partial charge on any atom is -0.355 e. The van der Waals surface area contributed by atoms with Crippen LogP contribution in [-0.2, 0) is 9.59 Å². The minimum atomic E-state index is -0.173. The molecule has 4 N–H and O–H groups in total. The van der Waals surface area contributed by atoms with Crippen LogP contribution in [0, 0.1) is 10.7 Å². The average molecular weight is 290 g/mol. The molecule has 1 fully saturated rings. The van der Waals surface area contributed by atoms with Gasteiger partial charge in [-0.05, 0) is 36.8 Å². The molecule has 0 unspecified atom stereocenters. The molecule has 0 spiro atoms. The van der Waals surface area contributed by atoms with Crippen LogP contribution < -0.4 is 10.6 Å². The van der Waals surface area contributed by atoms with Crippen LogP contribution in [0.4, 0.5) is 5.69 Å². The van der Waals surface area contributed by atoms with Crippen molar-refractivity contribution in [2.75, 3.05) is 11.9 Å². The van der Waals surface area contributed by atoms with Gasteiger partial charge in [-0.3, -0.25) is 9.59 Å².